The molecule has 1 N–H and O–H groups in total. The second-order valence-corrected chi connectivity index (χ2v) is 11.7. The number of ether oxygens (including phenoxy) is 1. The normalized spacial score (nSPS) is 13.2. The zero-order valence-corrected chi connectivity index (χ0v) is 26.9. The minimum atomic E-state index is -5.53. The van der Waals surface area contributed by atoms with Gasteiger partial charge in [-0.15, -0.1) is 16.4 Å². The smallest absolute Gasteiger partial charge is 0.378 e. The summed E-state index contributed by atoms with van der Waals surface area (Å²) in [7, 11) is 0. The van der Waals surface area contributed by atoms with Gasteiger partial charge in [-0.1, -0.05) is 25.1 Å². The third kappa shape index (κ3) is 7.52. The van der Waals surface area contributed by atoms with Crippen molar-refractivity contribution in [3.05, 3.63) is 95.3 Å². The Kier molecular flexibility index (Phi) is 9.96. The van der Waals surface area contributed by atoms with Crippen LogP contribution in [-0.4, -0.2) is 64.3 Å². The number of hydrogen-bond donors (Lipinski definition) is 1. The summed E-state index contributed by atoms with van der Waals surface area (Å²) < 4.78 is 74.2. The van der Waals surface area contributed by atoms with Crippen molar-refractivity contribution in [3.8, 4) is 21.8 Å². The van der Waals surface area contributed by atoms with Crippen molar-refractivity contribution < 1.29 is 41.1 Å². The molecule has 1 fully saturated rings. The van der Waals surface area contributed by atoms with Crippen LogP contribution in [0.15, 0.2) is 73.1 Å². The molecule has 0 unspecified atom stereocenters. The second-order valence-electron chi connectivity index (χ2n) is 10.7. The van der Waals surface area contributed by atoms with Crippen LogP contribution in [0.25, 0.3) is 21.8 Å². The molecule has 0 spiro atoms. The molecule has 1 aliphatic heterocycles. The van der Waals surface area contributed by atoms with E-state index in [0.29, 0.717) is 46.6 Å². The highest BCUT2D eigenvalue weighted by atomic mass is 32.1. The maximum atomic E-state index is 14.6. The number of morpholine rings is 1. The first-order valence-corrected chi connectivity index (χ1v) is 15.9. The molecule has 1 saturated heterocycles. The molecule has 3 aromatic heterocycles. The second kappa shape index (κ2) is 14.5. The largest absolute Gasteiger partial charge is 0.493 e. The van der Waals surface area contributed by atoms with E-state index in [1.165, 1.54) is 29.7 Å². The molecule has 0 aliphatic carbocycles. The van der Waals surface area contributed by atoms with Gasteiger partial charge in [-0.25, -0.2) is 33.5 Å². The van der Waals surface area contributed by atoms with Crippen LogP contribution < -0.4 is 15.3 Å². The van der Waals surface area contributed by atoms with Crippen LogP contribution >= 0.6 is 11.3 Å². The first-order valence-electron chi connectivity index (χ1n) is 15.1. The number of aromatic nitrogens is 4. The number of rotatable bonds is 8. The summed E-state index contributed by atoms with van der Waals surface area (Å²) in [5, 5.41) is 3.71. The van der Waals surface area contributed by atoms with Crippen molar-refractivity contribution in [1.29, 1.82) is 0 Å². The molecular formula is C33H26F5N7O4S. The maximum Gasteiger partial charge on any atom is 0.493 e. The quantitative estimate of drug-likeness (QED) is 0.137. The van der Waals surface area contributed by atoms with Gasteiger partial charge in [-0.3, -0.25) is 4.79 Å². The predicted octanol–water partition coefficient (Wildman–Crippen LogP) is 6.75. The number of carbonyl (C=O) groups excluding carboxylic acids is 2. The Morgan fingerprint density at radius 1 is 1.00 bits per heavy atom. The molecule has 17 heteroatoms. The lowest BCUT2D eigenvalue weighted by Gasteiger charge is -2.27. The van der Waals surface area contributed by atoms with Crippen LogP contribution in [0.3, 0.4) is 0 Å². The lowest BCUT2D eigenvalue weighted by molar-refractivity contribution is -0.200. The number of hydroxylamine groups is 1. The molecule has 1 amide bonds. The monoisotopic (exact) mass is 711 g/mol. The zero-order chi connectivity index (χ0) is 35.4. The van der Waals surface area contributed by atoms with Gasteiger partial charge in [0.15, 0.2) is 0 Å². The van der Waals surface area contributed by atoms with E-state index in [0.717, 1.165) is 43.2 Å². The molecule has 258 valence electrons. The fraction of sp³-hybridized carbons (Fsp3) is 0.212. The van der Waals surface area contributed by atoms with Crippen molar-refractivity contribution in [1.82, 2.24) is 19.9 Å². The van der Waals surface area contributed by atoms with Crippen LogP contribution in [-0.2, 0) is 20.8 Å². The van der Waals surface area contributed by atoms with Gasteiger partial charge in [0.05, 0.1) is 52.1 Å². The van der Waals surface area contributed by atoms with Crippen LogP contribution in [0.1, 0.15) is 22.3 Å². The minimum absolute atomic E-state index is 0.0985. The van der Waals surface area contributed by atoms with Gasteiger partial charge in [-0.05, 0) is 48.9 Å². The molecule has 1 aliphatic rings. The number of anilines is 4. The zero-order valence-electron chi connectivity index (χ0n) is 26.1. The Labute approximate surface area is 285 Å². The van der Waals surface area contributed by atoms with Crippen LogP contribution in [0, 0.1) is 11.6 Å². The molecule has 2 aromatic carbocycles. The molecule has 5 aromatic rings. The first-order chi connectivity index (χ1) is 24.0. The number of hydrogen-bond acceptors (Lipinski definition) is 11. The van der Waals surface area contributed by atoms with Gasteiger partial charge in [0.2, 0.25) is 5.95 Å². The Hall–Kier alpha value is -5.55. The number of aryl methyl sites for hydroxylation is 1. The average Bonchev–Trinajstić information content (AvgIpc) is 3.56. The third-order valence-electron chi connectivity index (χ3n) is 7.32. The molecular weight excluding hydrogens is 685 g/mol. The fourth-order valence-corrected chi connectivity index (χ4v) is 5.92. The summed E-state index contributed by atoms with van der Waals surface area (Å²) in [6, 6.07) is 13.1. The number of alkyl halides is 3. The number of carbonyl (C=O) groups is 2. The summed E-state index contributed by atoms with van der Waals surface area (Å²) in [6.07, 6.45) is -1.81. The molecule has 0 bridgehead atoms. The maximum absolute atomic E-state index is 14.6. The highest BCUT2D eigenvalue weighted by molar-refractivity contribution is 7.15. The summed E-state index contributed by atoms with van der Waals surface area (Å²) in [5.74, 6) is -6.14. The summed E-state index contributed by atoms with van der Waals surface area (Å²) in [4.78, 5) is 50.4. The van der Waals surface area contributed by atoms with E-state index in [9.17, 15) is 31.5 Å². The van der Waals surface area contributed by atoms with Gasteiger partial charge in [0.1, 0.15) is 23.0 Å². The molecule has 4 heterocycles. The number of halogens is 5. The Morgan fingerprint density at radius 3 is 2.42 bits per heavy atom. The molecule has 0 saturated carbocycles. The van der Waals surface area contributed by atoms with Gasteiger partial charge in [-0.2, -0.15) is 13.2 Å². The summed E-state index contributed by atoms with van der Waals surface area (Å²) in [6.45, 7) is 4.61. The van der Waals surface area contributed by atoms with Crippen molar-refractivity contribution in [2.24, 2.45) is 0 Å². The minimum Gasteiger partial charge on any atom is -0.378 e. The summed E-state index contributed by atoms with van der Waals surface area (Å²) in [5.41, 5.74) is 0.0454. The van der Waals surface area contributed by atoms with E-state index in [1.54, 1.807) is 18.3 Å². The van der Waals surface area contributed by atoms with E-state index < -0.39 is 40.9 Å². The number of benzene rings is 2. The van der Waals surface area contributed by atoms with Gasteiger partial charge >= 0.3 is 12.1 Å². The Bertz CT molecular complexity index is 2000. The third-order valence-corrected chi connectivity index (χ3v) is 8.54. The molecule has 0 radical (unpaired) electrons. The standard InChI is InChI=1S/C33H26F5N7O4S/c1-2-26-43-28(29(50-26)24-11-12-39-32(42-24)41-20-9-10-25(40-18-20)44-13-15-48-16-14-44)19-5-3-6-21(17-19)45(49-31(47)33(36,37)38)30(46)27-22(34)7-4-8-23(27)35/h3-12,17-18H,2,13-16H2,1H3,(H,39,41,42). The lowest BCUT2D eigenvalue weighted by Crippen LogP contribution is -2.39. The first kappa shape index (κ1) is 34.3. The topological polar surface area (TPSA) is 123 Å². The van der Waals surface area contributed by atoms with Gasteiger partial charge < -0.3 is 19.8 Å². The Balaban J connectivity index is 1.33. The highest BCUT2D eigenvalue weighted by Crippen LogP contribution is 2.38. The van der Waals surface area contributed by atoms with E-state index in [1.807, 2.05) is 19.1 Å². The van der Waals surface area contributed by atoms with E-state index >= 15 is 0 Å². The fourth-order valence-electron chi connectivity index (χ4n) is 4.93. The summed E-state index contributed by atoms with van der Waals surface area (Å²) >= 11 is 1.30. The number of thiazole rings is 1. The van der Waals surface area contributed by atoms with Crippen molar-refractivity contribution in [2.75, 3.05) is 41.6 Å². The van der Waals surface area contributed by atoms with Gasteiger partial charge in [0, 0.05) is 24.8 Å². The van der Waals surface area contributed by atoms with E-state index in [2.05, 4.69) is 35.0 Å². The van der Waals surface area contributed by atoms with E-state index in [4.69, 9.17) is 4.74 Å². The Morgan fingerprint density at radius 2 is 1.74 bits per heavy atom. The van der Waals surface area contributed by atoms with Crippen molar-refractivity contribution >= 4 is 46.4 Å². The van der Waals surface area contributed by atoms with Crippen LogP contribution in [0.5, 0.6) is 0 Å². The number of pyridine rings is 1. The lowest BCUT2D eigenvalue weighted by atomic mass is 10.1. The van der Waals surface area contributed by atoms with Crippen LogP contribution in [0.2, 0.25) is 0 Å². The molecule has 6 rings (SSSR count). The molecule has 0 atom stereocenters. The van der Waals surface area contributed by atoms with Gasteiger partial charge in [0.25, 0.3) is 5.91 Å². The number of nitrogens with zero attached hydrogens (tertiary/aromatic N) is 6. The molecule has 11 nitrogen and oxygen atoms in total. The highest BCUT2D eigenvalue weighted by Gasteiger charge is 2.44. The van der Waals surface area contributed by atoms with Crippen molar-refractivity contribution in [3.63, 3.8) is 0 Å². The SMILES string of the molecule is CCc1nc(-c2cccc(N(OC(=O)C(F)(F)F)C(=O)c3c(F)cccc3F)c2)c(-c2ccnc(Nc3ccc(N4CCOCC4)nc3)n2)s1. The predicted molar refractivity (Wildman–Crippen MR) is 174 cm³/mol. The van der Waals surface area contributed by atoms with Crippen LogP contribution in [0.4, 0.5) is 45.1 Å². The van der Waals surface area contributed by atoms with E-state index in [-0.39, 0.29) is 16.6 Å². The average molecular weight is 712 g/mol. The number of nitrogens with one attached hydrogen (secondary N) is 1. The molecule has 50 heavy (non-hydrogen) atoms. The number of amides is 1. The van der Waals surface area contributed by atoms with Crippen molar-refractivity contribution in [2.45, 2.75) is 19.5 Å².